The smallest absolute Gasteiger partial charge is 0.136 e. The maximum atomic E-state index is 9.82. The van der Waals surface area contributed by atoms with Crippen molar-refractivity contribution in [2.45, 2.75) is 24.9 Å². The predicted octanol–water partition coefficient (Wildman–Crippen LogP) is 1.40. The third-order valence-corrected chi connectivity index (χ3v) is 2.83. The fraction of sp³-hybridized carbons (Fsp3) is 0.364. The van der Waals surface area contributed by atoms with E-state index in [4.69, 9.17) is 0 Å². The van der Waals surface area contributed by atoms with Crippen LogP contribution in [0.4, 0.5) is 0 Å². The van der Waals surface area contributed by atoms with Crippen molar-refractivity contribution in [3.63, 3.8) is 0 Å². The zero-order valence-electron chi connectivity index (χ0n) is 7.85. The van der Waals surface area contributed by atoms with Gasteiger partial charge in [0.1, 0.15) is 5.65 Å². The van der Waals surface area contributed by atoms with Gasteiger partial charge in [-0.25, -0.2) is 4.98 Å². The van der Waals surface area contributed by atoms with Crippen molar-refractivity contribution in [1.82, 2.24) is 9.38 Å². The van der Waals surface area contributed by atoms with E-state index in [9.17, 15) is 5.11 Å². The second kappa shape index (κ2) is 2.58. The van der Waals surface area contributed by atoms with Crippen molar-refractivity contribution in [3.8, 4) is 0 Å². The number of fused-ring (bicyclic) bond motifs is 1. The van der Waals surface area contributed by atoms with Gasteiger partial charge in [-0.15, -0.1) is 0 Å². The Labute approximate surface area is 82.0 Å². The molecule has 0 aliphatic heterocycles. The summed E-state index contributed by atoms with van der Waals surface area (Å²) in [7, 11) is 0. The highest BCUT2D eigenvalue weighted by Crippen LogP contribution is 2.38. The number of imidazole rings is 1. The first-order chi connectivity index (χ1) is 6.77. The number of hydrogen-bond acceptors (Lipinski definition) is 2. The molecule has 3 nitrogen and oxygen atoms in total. The summed E-state index contributed by atoms with van der Waals surface area (Å²) in [5.41, 5.74) is 1.61. The van der Waals surface area contributed by atoms with E-state index in [2.05, 4.69) is 4.98 Å². The SMILES string of the molecule is OC1(Cc2cnc3ccccn23)CC1. The van der Waals surface area contributed by atoms with Crippen LogP contribution in [0.3, 0.4) is 0 Å². The molecule has 3 heteroatoms. The highest BCUT2D eigenvalue weighted by Gasteiger charge is 2.40. The summed E-state index contributed by atoms with van der Waals surface area (Å²) in [4.78, 5) is 4.28. The first-order valence-corrected chi connectivity index (χ1v) is 4.90. The Morgan fingerprint density at radius 2 is 2.29 bits per heavy atom. The summed E-state index contributed by atoms with van der Waals surface area (Å²) in [5.74, 6) is 0. The molecule has 1 N–H and O–H groups in total. The van der Waals surface area contributed by atoms with E-state index in [1.54, 1.807) is 0 Å². The average molecular weight is 188 g/mol. The van der Waals surface area contributed by atoms with E-state index in [0.29, 0.717) is 0 Å². The van der Waals surface area contributed by atoms with Gasteiger partial charge in [-0.1, -0.05) is 6.07 Å². The molecule has 2 aromatic heterocycles. The summed E-state index contributed by atoms with van der Waals surface area (Å²) in [6.45, 7) is 0. The van der Waals surface area contributed by atoms with Crippen molar-refractivity contribution < 1.29 is 5.11 Å². The lowest BCUT2D eigenvalue weighted by atomic mass is 10.2. The van der Waals surface area contributed by atoms with Gasteiger partial charge in [0, 0.05) is 24.5 Å². The monoisotopic (exact) mass is 188 g/mol. The standard InChI is InChI=1S/C11H12N2O/c14-11(4-5-11)7-9-8-12-10-3-1-2-6-13(9)10/h1-3,6,8,14H,4-5,7H2. The van der Waals surface area contributed by atoms with Crippen molar-refractivity contribution in [3.05, 3.63) is 36.3 Å². The predicted molar refractivity (Wildman–Crippen MR) is 53.1 cm³/mol. The van der Waals surface area contributed by atoms with Crippen LogP contribution < -0.4 is 0 Å². The molecule has 0 spiro atoms. The molecule has 0 radical (unpaired) electrons. The third kappa shape index (κ3) is 1.21. The molecular weight excluding hydrogens is 176 g/mol. The minimum absolute atomic E-state index is 0.439. The second-order valence-corrected chi connectivity index (χ2v) is 4.08. The van der Waals surface area contributed by atoms with Gasteiger partial charge in [0.15, 0.2) is 0 Å². The van der Waals surface area contributed by atoms with Crippen LogP contribution in [0.1, 0.15) is 18.5 Å². The van der Waals surface area contributed by atoms with Gasteiger partial charge in [-0.3, -0.25) is 0 Å². The minimum atomic E-state index is -0.439. The summed E-state index contributed by atoms with van der Waals surface area (Å²) in [5, 5.41) is 9.82. The van der Waals surface area contributed by atoms with Gasteiger partial charge in [-0.2, -0.15) is 0 Å². The lowest BCUT2D eigenvalue weighted by Gasteiger charge is -2.06. The Hall–Kier alpha value is -1.35. The molecular formula is C11H12N2O. The van der Waals surface area contributed by atoms with Gasteiger partial charge in [0.05, 0.1) is 5.60 Å². The first-order valence-electron chi connectivity index (χ1n) is 4.90. The molecule has 0 aromatic carbocycles. The molecule has 2 heterocycles. The lowest BCUT2D eigenvalue weighted by Crippen LogP contribution is -2.12. The fourth-order valence-electron chi connectivity index (χ4n) is 1.77. The van der Waals surface area contributed by atoms with E-state index in [1.165, 1.54) is 0 Å². The van der Waals surface area contributed by atoms with Crippen LogP contribution in [0.15, 0.2) is 30.6 Å². The maximum Gasteiger partial charge on any atom is 0.136 e. The molecule has 14 heavy (non-hydrogen) atoms. The molecule has 0 bridgehead atoms. The van der Waals surface area contributed by atoms with Gasteiger partial charge in [0.2, 0.25) is 0 Å². The average Bonchev–Trinajstić information content (AvgIpc) is 2.77. The van der Waals surface area contributed by atoms with Gasteiger partial charge < -0.3 is 9.51 Å². The number of aromatic nitrogens is 2. The number of nitrogens with zero attached hydrogens (tertiary/aromatic N) is 2. The highest BCUT2D eigenvalue weighted by atomic mass is 16.3. The summed E-state index contributed by atoms with van der Waals surface area (Å²) >= 11 is 0. The summed E-state index contributed by atoms with van der Waals surface area (Å²) in [6.07, 6.45) is 6.41. The molecule has 3 rings (SSSR count). The second-order valence-electron chi connectivity index (χ2n) is 4.08. The zero-order chi connectivity index (χ0) is 9.60. The van der Waals surface area contributed by atoms with E-state index in [-0.39, 0.29) is 0 Å². The number of hydrogen-bond donors (Lipinski definition) is 1. The molecule has 0 unspecified atom stereocenters. The number of aliphatic hydroxyl groups is 1. The largest absolute Gasteiger partial charge is 0.389 e. The van der Waals surface area contributed by atoms with Crippen LogP contribution in [-0.2, 0) is 6.42 Å². The van der Waals surface area contributed by atoms with Gasteiger partial charge >= 0.3 is 0 Å². The van der Waals surface area contributed by atoms with E-state index >= 15 is 0 Å². The van der Waals surface area contributed by atoms with Gasteiger partial charge in [0.25, 0.3) is 0 Å². The van der Waals surface area contributed by atoms with Crippen LogP contribution in [0.25, 0.3) is 5.65 Å². The molecule has 0 atom stereocenters. The Bertz CT molecular complexity index is 471. The van der Waals surface area contributed by atoms with Crippen molar-refractivity contribution in [1.29, 1.82) is 0 Å². The minimum Gasteiger partial charge on any atom is -0.389 e. The third-order valence-electron chi connectivity index (χ3n) is 2.83. The van der Waals surface area contributed by atoms with E-state index < -0.39 is 5.60 Å². The summed E-state index contributed by atoms with van der Waals surface area (Å²) < 4.78 is 2.04. The van der Waals surface area contributed by atoms with Crippen LogP contribution in [0.5, 0.6) is 0 Å². The molecule has 72 valence electrons. The van der Waals surface area contributed by atoms with Crippen molar-refractivity contribution in [2.24, 2.45) is 0 Å². The Morgan fingerprint density at radius 3 is 3.07 bits per heavy atom. The topological polar surface area (TPSA) is 37.5 Å². The molecule has 2 aromatic rings. The first kappa shape index (κ1) is 8.00. The molecule has 0 saturated heterocycles. The maximum absolute atomic E-state index is 9.82. The van der Waals surface area contributed by atoms with Crippen LogP contribution in [0.2, 0.25) is 0 Å². The number of pyridine rings is 1. The Morgan fingerprint density at radius 1 is 1.43 bits per heavy atom. The normalized spacial score (nSPS) is 18.6. The number of rotatable bonds is 2. The quantitative estimate of drug-likeness (QED) is 0.773. The Balaban J connectivity index is 2.04. The van der Waals surface area contributed by atoms with Crippen LogP contribution >= 0.6 is 0 Å². The van der Waals surface area contributed by atoms with Crippen LogP contribution in [-0.4, -0.2) is 20.1 Å². The van der Waals surface area contributed by atoms with Crippen molar-refractivity contribution in [2.75, 3.05) is 0 Å². The lowest BCUT2D eigenvalue weighted by molar-refractivity contribution is 0.149. The Kier molecular flexibility index (Phi) is 1.47. The zero-order valence-corrected chi connectivity index (χ0v) is 7.85. The fourth-order valence-corrected chi connectivity index (χ4v) is 1.77. The molecule has 1 saturated carbocycles. The van der Waals surface area contributed by atoms with E-state index in [1.807, 2.05) is 35.0 Å². The molecule has 0 amide bonds. The molecule has 1 aliphatic rings. The molecule has 1 fully saturated rings. The summed E-state index contributed by atoms with van der Waals surface area (Å²) in [6, 6.07) is 5.92. The van der Waals surface area contributed by atoms with Gasteiger partial charge in [-0.05, 0) is 25.0 Å². The highest BCUT2D eigenvalue weighted by molar-refractivity contribution is 5.40. The van der Waals surface area contributed by atoms with Crippen molar-refractivity contribution >= 4 is 5.65 Å². The van der Waals surface area contributed by atoms with E-state index in [0.717, 1.165) is 30.6 Å². The van der Waals surface area contributed by atoms with Crippen LogP contribution in [0, 0.1) is 0 Å². The molecule has 1 aliphatic carbocycles.